The Bertz CT molecular complexity index is 363. The average molecular weight is 247 g/mol. The number of nitrogens with one attached hydrogen (secondary N) is 1. The van der Waals surface area contributed by atoms with E-state index in [4.69, 9.17) is 4.74 Å². The second kappa shape index (κ2) is 5.91. The summed E-state index contributed by atoms with van der Waals surface area (Å²) < 4.78 is 40.9. The normalized spacial score (nSPS) is 11.6. The monoisotopic (exact) mass is 247 g/mol. The minimum absolute atomic E-state index is 0.0827. The molecule has 17 heavy (non-hydrogen) atoms. The Morgan fingerprint density at radius 1 is 1.29 bits per heavy atom. The van der Waals surface area contributed by atoms with Crippen molar-refractivity contribution in [3.8, 4) is 5.75 Å². The van der Waals surface area contributed by atoms with Gasteiger partial charge in [-0.05, 0) is 13.0 Å². The number of alkyl halides is 3. The van der Waals surface area contributed by atoms with Gasteiger partial charge < -0.3 is 10.1 Å². The summed E-state index contributed by atoms with van der Waals surface area (Å²) in [6, 6.07) is 5.62. The van der Waals surface area contributed by atoms with Crippen LogP contribution >= 0.6 is 0 Å². The van der Waals surface area contributed by atoms with Gasteiger partial charge in [-0.25, -0.2) is 0 Å². The van der Waals surface area contributed by atoms with Crippen LogP contribution in [0.5, 0.6) is 5.75 Å². The molecule has 0 spiro atoms. The van der Waals surface area contributed by atoms with Crippen LogP contribution in [0.4, 0.5) is 13.2 Å². The van der Waals surface area contributed by atoms with Gasteiger partial charge >= 0.3 is 6.18 Å². The minimum atomic E-state index is -4.11. The molecule has 1 rings (SSSR count). The van der Waals surface area contributed by atoms with E-state index in [-0.39, 0.29) is 6.54 Å². The number of hydrogen-bond acceptors (Lipinski definition) is 2. The molecule has 0 heterocycles. The number of benzene rings is 1. The van der Waals surface area contributed by atoms with E-state index in [0.717, 1.165) is 11.1 Å². The summed E-state index contributed by atoms with van der Waals surface area (Å²) in [6.45, 7) is 2.22. The van der Waals surface area contributed by atoms with E-state index in [2.05, 4.69) is 5.32 Å². The maximum absolute atomic E-state index is 11.9. The molecule has 0 radical (unpaired) electrons. The van der Waals surface area contributed by atoms with E-state index in [9.17, 15) is 13.2 Å². The number of rotatable bonds is 5. The lowest BCUT2D eigenvalue weighted by Crippen LogP contribution is -2.21. The highest BCUT2D eigenvalue weighted by Gasteiger charge is 2.25. The molecular weight excluding hydrogens is 231 g/mol. The van der Waals surface area contributed by atoms with Crippen LogP contribution in [0, 0.1) is 6.92 Å². The van der Waals surface area contributed by atoms with Gasteiger partial charge in [-0.2, -0.15) is 13.2 Å². The van der Waals surface area contributed by atoms with Crippen LogP contribution in [-0.4, -0.2) is 19.8 Å². The summed E-state index contributed by atoms with van der Waals surface area (Å²) in [5, 5.41) is 2.76. The lowest BCUT2D eigenvalue weighted by molar-refractivity contribution is -0.133. The van der Waals surface area contributed by atoms with Gasteiger partial charge in [0.2, 0.25) is 0 Å². The van der Waals surface area contributed by atoms with Gasteiger partial charge in [0.05, 0.1) is 13.5 Å². The van der Waals surface area contributed by atoms with Crippen LogP contribution in [0.3, 0.4) is 0 Å². The summed E-state index contributed by atoms with van der Waals surface area (Å²) in [5.74, 6) is 0.690. The van der Waals surface area contributed by atoms with Crippen LogP contribution in [0.1, 0.15) is 17.5 Å². The van der Waals surface area contributed by atoms with Crippen molar-refractivity contribution in [2.75, 3.05) is 13.7 Å². The molecule has 5 heteroatoms. The van der Waals surface area contributed by atoms with E-state index in [0.29, 0.717) is 12.3 Å². The molecule has 1 aromatic carbocycles. The quantitative estimate of drug-likeness (QED) is 0.807. The fourth-order valence-corrected chi connectivity index (χ4v) is 1.50. The maximum atomic E-state index is 11.9. The molecule has 2 nitrogen and oxygen atoms in total. The van der Waals surface area contributed by atoms with Crippen molar-refractivity contribution in [3.05, 3.63) is 29.3 Å². The van der Waals surface area contributed by atoms with Gasteiger partial charge in [0.25, 0.3) is 0 Å². The smallest absolute Gasteiger partial charge is 0.390 e. The molecule has 0 aromatic heterocycles. The predicted octanol–water partition coefficient (Wildman–Crippen LogP) is 3.05. The van der Waals surface area contributed by atoms with Gasteiger partial charge in [0.15, 0.2) is 0 Å². The Hall–Kier alpha value is -1.23. The van der Waals surface area contributed by atoms with Crippen molar-refractivity contribution in [2.24, 2.45) is 0 Å². The Morgan fingerprint density at radius 3 is 2.59 bits per heavy atom. The van der Waals surface area contributed by atoms with Crippen molar-refractivity contribution in [1.29, 1.82) is 0 Å². The number of aryl methyl sites for hydroxylation is 1. The first-order chi connectivity index (χ1) is 7.92. The first-order valence-corrected chi connectivity index (χ1v) is 5.33. The summed E-state index contributed by atoms with van der Waals surface area (Å²) in [5.41, 5.74) is 1.92. The largest absolute Gasteiger partial charge is 0.496 e. The Labute approximate surface area is 98.8 Å². The summed E-state index contributed by atoms with van der Waals surface area (Å²) in [6.07, 6.45) is -4.93. The lowest BCUT2D eigenvalue weighted by atomic mass is 10.1. The van der Waals surface area contributed by atoms with Crippen molar-refractivity contribution in [1.82, 2.24) is 5.32 Å². The third kappa shape index (κ3) is 5.08. The molecule has 0 saturated heterocycles. The molecule has 0 saturated carbocycles. The van der Waals surface area contributed by atoms with Crippen LogP contribution in [0.2, 0.25) is 0 Å². The summed E-state index contributed by atoms with van der Waals surface area (Å²) >= 11 is 0. The Kier molecular flexibility index (Phi) is 4.81. The van der Waals surface area contributed by atoms with E-state index >= 15 is 0 Å². The molecule has 96 valence electrons. The van der Waals surface area contributed by atoms with Gasteiger partial charge in [-0.15, -0.1) is 0 Å². The topological polar surface area (TPSA) is 21.3 Å². The van der Waals surface area contributed by atoms with Crippen molar-refractivity contribution in [3.63, 3.8) is 0 Å². The van der Waals surface area contributed by atoms with Crippen LogP contribution in [0.15, 0.2) is 18.2 Å². The highest BCUT2D eigenvalue weighted by Crippen LogP contribution is 2.20. The van der Waals surface area contributed by atoms with Crippen LogP contribution in [0.25, 0.3) is 0 Å². The van der Waals surface area contributed by atoms with E-state index < -0.39 is 12.6 Å². The number of methoxy groups -OCH3 is 1. The lowest BCUT2D eigenvalue weighted by Gasteiger charge is -2.11. The van der Waals surface area contributed by atoms with Crippen molar-refractivity contribution < 1.29 is 17.9 Å². The zero-order valence-corrected chi connectivity index (χ0v) is 9.90. The zero-order valence-electron chi connectivity index (χ0n) is 9.90. The van der Waals surface area contributed by atoms with Crippen LogP contribution in [-0.2, 0) is 6.54 Å². The fourth-order valence-electron chi connectivity index (χ4n) is 1.50. The first kappa shape index (κ1) is 13.8. The molecule has 0 unspecified atom stereocenters. The van der Waals surface area contributed by atoms with Crippen LogP contribution < -0.4 is 10.1 Å². The molecule has 0 aliphatic carbocycles. The highest BCUT2D eigenvalue weighted by molar-refractivity contribution is 5.36. The second-order valence-corrected chi connectivity index (χ2v) is 3.86. The van der Waals surface area contributed by atoms with Gasteiger partial charge in [-0.3, -0.25) is 0 Å². The van der Waals surface area contributed by atoms with Crippen molar-refractivity contribution in [2.45, 2.75) is 26.1 Å². The number of halogens is 3. The summed E-state index contributed by atoms with van der Waals surface area (Å²) in [4.78, 5) is 0. The van der Waals surface area contributed by atoms with Gasteiger partial charge in [-0.1, -0.05) is 17.7 Å². The van der Waals surface area contributed by atoms with E-state index in [1.807, 2.05) is 25.1 Å². The summed E-state index contributed by atoms with van der Waals surface area (Å²) in [7, 11) is 1.55. The third-order valence-electron chi connectivity index (χ3n) is 2.34. The predicted molar refractivity (Wildman–Crippen MR) is 60.1 cm³/mol. The molecular formula is C12H16F3NO. The van der Waals surface area contributed by atoms with Crippen molar-refractivity contribution >= 4 is 0 Å². The molecule has 0 atom stereocenters. The SMILES string of the molecule is COc1ccc(C)cc1CNCCC(F)(F)F. The molecule has 0 amide bonds. The number of ether oxygens (including phenoxy) is 1. The van der Waals surface area contributed by atoms with E-state index in [1.54, 1.807) is 7.11 Å². The molecule has 1 aromatic rings. The average Bonchev–Trinajstić information content (AvgIpc) is 2.23. The zero-order chi connectivity index (χ0) is 12.9. The molecule has 1 N–H and O–H groups in total. The molecule has 0 bridgehead atoms. The minimum Gasteiger partial charge on any atom is -0.496 e. The molecule has 0 fully saturated rings. The van der Waals surface area contributed by atoms with Gasteiger partial charge in [0.1, 0.15) is 5.75 Å². The second-order valence-electron chi connectivity index (χ2n) is 3.86. The number of hydrogen-bond donors (Lipinski definition) is 1. The highest BCUT2D eigenvalue weighted by atomic mass is 19.4. The van der Waals surface area contributed by atoms with Gasteiger partial charge in [0, 0.05) is 18.7 Å². The standard InChI is InChI=1S/C12H16F3NO/c1-9-3-4-11(17-2)10(7-9)8-16-6-5-12(13,14)15/h3-4,7,16H,5-6,8H2,1-2H3. The first-order valence-electron chi connectivity index (χ1n) is 5.33. The fraction of sp³-hybridized carbons (Fsp3) is 0.500. The third-order valence-corrected chi connectivity index (χ3v) is 2.34. The molecule has 0 aliphatic rings. The van der Waals surface area contributed by atoms with E-state index in [1.165, 1.54) is 0 Å². The Morgan fingerprint density at radius 2 is 2.00 bits per heavy atom. The Balaban J connectivity index is 2.48. The molecule has 0 aliphatic heterocycles. The maximum Gasteiger partial charge on any atom is 0.390 e.